The molecular formula is C17H11ClO3. The first kappa shape index (κ1) is 13.5. The predicted molar refractivity (Wildman–Crippen MR) is 81.2 cm³/mol. The summed E-state index contributed by atoms with van der Waals surface area (Å²) in [7, 11) is 0. The summed E-state index contributed by atoms with van der Waals surface area (Å²) in [6.45, 7) is 0. The van der Waals surface area contributed by atoms with E-state index in [2.05, 4.69) is 0 Å². The van der Waals surface area contributed by atoms with Crippen molar-refractivity contribution in [3.63, 3.8) is 0 Å². The van der Waals surface area contributed by atoms with Crippen LogP contribution in [0.5, 0.6) is 0 Å². The fraction of sp³-hybridized carbons (Fsp3) is 0. The molecule has 2 heterocycles. The van der Waals surface area contributed by atoms with Crippen LogP contribution in [0.4, 0.5) is 0 Å². The van der Waals surface area contributed by atoms with Gasteiger partial charge in [-0.25, -0.2) is 0 Å². The summed E-state index contributed by atoms with van der Waals surface area (Å²) in [6.07, 6.45) is 4.50. The Hall–Kier alpha value is -2.52. The van der Waals surface area contributed by atoms with E-state index in [0.29, 0.717) is 16.5 Å². The van der Waals surface area contributed by atoms with Crippen LogP contribution in [0.3, 0.4) is 0 Å². The van der Waals surface area contributed by atoms with E-state index in [9.17, 15) is 4.79 Å². The first-order valence-corrected chi connectivity index (χ1v) is 6.72. The summed E-state index contributed by atoms with van der Waals surface area (Å²) < 4.78 is 10.7. The van der Waals surface area contributed by atoms with Gasteiger partial charge in [0, 0.05) is 10.6 Å². The fourth-order valence-corrected chi connectivity index (χ4v) is 2.00. The molecule has 0 spiro atoms. The third kappa shape index (κ3) is 3.15. The molecule has 3 nitrogen and oxygen atoms in total. The van der Waals surface area contributed by atoms with Crippen LogP contribution in [-0.2, 0) is 0 Å². The molecule has 0 aliphatic heterocycles. The lowest BCUT2D eigenvalue weighted by Crippen LogP contribution is -1.89. The van der Waals surface area contributed by atoms with E-state index >= 15 is 0 Å². The molecular weight excluding hydrogens is 288 g/mol. The second-order valence-corrected chi connectivity index (χ2v) is 4.82. The SMILES string of the molecule is O=C(/C=C\c1ccc(-c2ccc(Cl)cc2)o1)c1ccco1. The number of halogens is 1. The van der Waals surface area contributed by atoms with Crippen LogP contribution in [0, 0.1) is 0 Å². The van der Waals surface area contributed by atoms with Gasteiger partial charge in [0.2, 0.25) is 5.78 Å². The van der Waals surface area contributed by atoms with E-state index < -0.39 is 0 Å². The maximum Gasteiger partial charge on any atom is 0.221 e. The Labute approximate surface area is 126 Å². The molecule has 0 aliphatic rings. The molecule has 0 amide bonds. The second kappa shape index (κ2) is 5.85. The van der Waals surface area contributed by atoms with Crippen molar-refractivity contribution in [1.29, 1.82) is 0 Å². The Morgan fingerprint density at radius 3 is 2.57 bits per heavy atom. The van der Waals surface area contributed by atoms with Crippen molar-refractivity contribution < 1.29 is 13.6 Å². The molecule has 0 fully saturated rings. The monoisotopic (exact) mass is 298 g/mol. The molecule has 0 atom stereocenters. The largest absolute Gasteiger partial charge is 0.461 e. The highest BCUT2D eigenvalue weighted by molar-refractivity contribution is 6.30. The van der Waals surface area contributed by atoms with Gasteiger partial charge in [0.1, 0.15) is 11.5 Å². The Morgan fingerprint density at radius 1 is 1.05 bits per heavy atom. The molecule has 4 heteroatoms. The molecule has 0 saturated carbocycles. The third-order valence-corrected chi connectivity index (χ3v) is 3.17. The third-order valence-electron chi connectivity index (χ3n) is 2.92. The minimum atomic E-state index is -0.204. The van der Waals surface area contributed by atoms with Crippen LogP contribution in [-0.4, -0.2) is 5.78 Å². The van der Waals surface area contributed by atoms with Gasteiger partial charge in [0.25, 0.3) is 0 Å². The van der Waals surface area contributed by atoms with Crippen LogP contribution in [0.2, 0.25) is 5.02 Å². The van der Waals surface area contributed by atoms with Crippen LogP contribution in [0.1, 0.15) is 16.3 Å². The lowest BCUT2D eigenvalue weighted by atomic mass is 10.2. The van der Waals surface area contributed by atoms with E-state index in [-0.39, 0.29) is 5.78 Å². The normalized spacial score (nSPS) is 11.1. The number of allylic oxidation sites excluding steroid dienone is 1. The number of furan rings is 2. The highest BCUT2D eigenvalue weighted by Crippen LogP contribution is 2.24. The number of hydrogen-bond acceptors (Lipinski definition) is 3. The maximum absolute atomic E-state index is 11.8. The van der Waals surface area contributed by atoms with Crippen molar-refractivity contribution in [3.8, 4) is 11.3 Å². The van der Waals surface area contributed by atoms with Gasteiger partial charge in [0.05, 0.1) is 6.26 Å². The van der Waals surface area contributed by atoms with Crippen molar-refractivity contribution in [3.05, 3.63) is 77.4 Å². The molecule has 3 rings (SSSR count). The standard InChI is InChI=1S/C17H11ClO3/c18-13-5-3-12(4-6-13)16-10-8-14(21-16)7-9-15(19)17-2-1-11-20-17/h1-11H/b9-7-. The molecule has 3 aromatic rings. The van der Waals surface area contributed by atoms with Gasteiger partial charge in [-0.05, 0) is 60.7 Å². The Morgan fingerprint density at radius 2 is 1.86 bits per heavy atom. The molecule has 0 aliphatic carbocycles. The molecule has 0 N–H and O–H groups in total. The van der Waals surface area contributed by atoms with Gasteiger partial charge >= 0.3 is 0 Å². The minimum Gasteiger partial charge on any atom is -0.461 e. The molecule has 0 unspecified atom stereocenters. The molecule has 2 aromatic heterocycles. The van der Waals surface area contributed by atoms with Crippen molar-refractivity contribution in [2.24, 2.45) is 0 Å². The Balaban J connectivity index is 1.76. The molecule has 0 bridgehead atoms. The average Bonchev–Trinajstić information content (AvgIpc) is 3.17. The summed E-state index contributed by atoms with van der Waals surface area (Å²) in [6, 6.07) is 14.3. The molecule has 0 radical (unpaired) electrons. The Bertz CT molecular complexity index is 765. The zero-order valence-corrected chi connectivity index (χ0v) is 11.7. The number of carbonyl (C=O) groups excluding carboxylic acids is 1. The van der Waals surface area contributed by atoms with Crippen LogP contribution in [0.15, 0.2) is 69.7 Å². The first-order valence-electron chi connectivity index (χ1n) is 6.34. The molecule has 0 saturated heterocycles. The highest BCUT2D eigenvalue weighted by atomic mass is 35.5. The van der Waals surface area contributed by atoms with Gasteiger partial charge in [0.15, 0.2) is 5.76 Å². The Kier molecular flexibility index (Phi) is 3.75. The van der Waals surface area contributed by atoms with Crippen molar-refractivity contribution >= 4 is 23.5 Å². The number of rotatable bonds is 4. The smallest absolute Gasteiger partial charge is 0.221 e. The van der Waals surface area contributed by atoms with Crippen molar-refractivity contribution in [1.82, 2.24) is 0 Å². The number of ketones is 1. The van der Waals surface area contributed by atoms with Crippen molar-refractivity contribution in [2.45, 2.75) is 0 Å². The lowest BCUT2D eigenvalue weighted by molar-refractivity contribution is 0.102. The summed E-state index contributed by atoms with van der Waals surface area (Å²) in [5.74, 6) is 1.41. The first-order chi connectivity index (χ1) is 10.2. The van der Waals surface area contributed by atoms with E-state index in [1.54, 1.807) is 36.4 Å². The summed E-state index contributed by atoms with van der Waals surface area (Å²) in [5, 5.41) is 0.675. The lowest BCUT2D eigenvalue weighted by Gasteiger charge is -1.96. The topological polar surface area (TPSA) is 43.4 Å². The number of benzene rings is 1. The van der Waals surface area contributed by atoms with Gasteiger partial charge in [-0.1, -0.05) is 11.6 Å². The van der Waals surface area contributed by atoms with Crippen LogP contribution >= 0.6 is 11.6 Å². The van der Waals surface area contributed by atoms with Gasteiger partial charge < -0.3 is 8.83 Å². The van der Waals surface area contributed by atoms with Crippen molar-refractivity contribution in [2.75, 3.05) is 0 Å². The average molecular weight is 299 g/mol. The number of carbonyl (C=O) groups is 1. The van der Waals surface area contributed by atoms with E-state index in [1.165, 1.54) is 12.3 Å². The zero-order chi connectivity index (χ0) is 14.7. The summed E-state index contributed by atoms with van der Waals surface area (Å²) in [4.78, 5) is 11.8. The highest BCUT2D eigenvalue weighted by Gasteiger charge is 2.06. The maximum atomic E-state index is 11.8. The molecule has 104 valence electrons. The predicted octanol–water partition coefficient (Wildman–Crippen LogP) is 5.09. The van der Waals surface area contributed by atoms with Gasteiger partial charge in [-0.15, -0.1) is 0 Å². The van der Waals surface area contributed by atoms with Crippen LogP contribution < -0.4 is 0 Å². The number of hydrogen-bond donors (Lipinski definition) is 0. The fourth-order valence-electron chi connectivity index (χ4n) is 1.87. The summed E-state index contributed by atoms with van der Waals surface area (Å²) >= 11 is 5.85. The van der Waals surface area contributed by atoms with E-state index in [4.69, 9.17) is 20.4 Å². The second-order valence-electron chi connectivity index (χ2n) is 4.38. The van der Waals surface area contributed by atoms with E-state index in [1.807, 2.05) is 18.2 Å². The molecule has 21 heavy (non-hydrogen) atoms. The molecule has 1 aromatic carbocycles. The summed E-state index contributed by atoms with van der Waals surface area (Å²) in [5.41, 5.74) is 0.927. The van der Waals surface area contributed by atoms with Gasteiger partial charge in [-0.3, -0.25) is 4.79 Å². The minimum absolute atomic E-state index is 0.204. The quantitative estimate of drug-likeness (QED) is 0.498. The van der Waals surface area contributed by atoms with Gasteiger partial charge in [-0.2, -0.15) is 0 Å². The van der Waals surface area contributed by atoms with Crippen LogP contribution in [0.25, 0.3) is 17.4 Å². The van der Waals surface area contributed by atoms with E-state index in [0.717, 1.165) is 11.3 Å². The zero-order valence-electron chi connectivity index (χ0n) is 11.0.